The number of ketones is 1. The molecule has 0 bridgehead atoms. The van der Waals surface area contributed by atoms with Crippen molar-refractivity contribution in [3.63, 3.8) is 0 Å². The highest BCUT2D eigenvalue weighted by Gasteiger charge is 2.33. The molecule has 0 saturated carbocycles. The summed E-state index contributed by atoms with van der Waals surface area (Å²) in [5.74, 6) is 1.31. The van der Waals surface area contributed by atoms with Crippen molar-refractivity contribution in [1.82, 2.24) is 9.80 Å². The van der Waals surface area contributed by atoms with Gasteiger partial charge in [-0.15, -0.1) is 11.3 Å². The molecule has 0 aromatic carbocycles. The molecule has 0 radical (unpaired) electrons. The van der Waals surface area contributed by atoms with Gasteiger partial charge in [-0.3, -0.25) is 14.5 Å². The lowest BCUT2D eigenvalue weighted by atomic mass is 9.93. The normalized spacial score (nSPS) is 18.7. The Morgan fingerprint density at radius 1 is 1.19 bits per heavy atom. The van der Waals surface area contributed by atoms with Gasteiger partial charge in [0.15, 0.2) is 5.78 Å². The number of aryl methyl sites for hydroxylation is 2. The second-order valence-corrected chi connectivity index (χ2v) is 8.14. The zero-order valence-corrected chi connectivity index (χ0v) is 15.9. The zero-order valence-electron chi connectivity index (χ0n) is 15.1. The van der Waals surface area contributed by atoms with Gasteiger partial charge in [-0.05, 0) is 31.2 Å². The standard InChI is InChI=1S/C20H24N2O3S/c1-14-18(19-16(23)6-2-7-17(19)25-14)20(24)22-9-4-8-21(10-11-22)13-15-5-3-12-26-15/h3,5,12H,2,4,6-11,13H2,1H3. The molecule has 2 aromatic rings. The Labute approximate surface area is 157 Å². The van der Waals surface area contributed by atoms with Crippen LogP contribution < -0.4 is 0 Å². The number of carbonyl (C=O) groups is 2. The van der Waals surface area contributed by atoms with E-state index >= 15 is 0 Å². The molecule has 1 aliphatic carbocycles. The molecule has 138 valence electrons. The molecule has 1 saturated heterocycles. The van der Waals surface area contributed by atoms with Crippen molar-refractivity contribution in [2.75, 3.05) is 26.2 Å². The van der Waals surface area contributed by atoms with E-state index in [1.54, 1.807) is 18.3 Å². The number of carbonyl (C=O) groups excluding carboxylic acids is 2. The van der Waals surface area contributed by atoms with E-state index in [9.17, 15) is 9.59 Å². The van der Waals surface area contributed by atoms with Gasteiger partial charge in [0.25, 0.3) is 5.91 Å². The van der Waals surface area contributed by atoms with Crippen molar-refractivity contribution >= 4 is 23.0 Å². The second kappa shape index (κ2) is 7.37. The average molecular weight is 372 g/mol. The van der Waals surface area contributed by atoms with Crippen LogP contribution >= 0.6 is 11.3 Å². The zero-order chi connectivity index (χ0) is 18.1. The Bertz CT molecular complexity index is 809. The first kappa shape index (κ1) is 17.5. The molecular formula is C20H24N2O3S. The minimum atomic E-state index is -0.0410. The van der Waals surface area contributed by atoms with Gasteiger partial charge in [0.05, 0.1) is 11.1 Å². The number of furan rings is 1. The first-order valence-electron chi connectivity index (χ1n) is 9.33. The number of amides is 1. The summed E-state index contributed by atoms with van der Waals surface area (Å²) in [7, 11) is 0. The topological polar surface area (TPSA) is 53.8 Å². The van der Waals surface area contributed by atoms with E-state index in [4.69, 9.17) is 4.42 Å². The molecule has 2 aliphatic rings. The first-order valence-corrected chi connectivity index (χ1v) is 10.2. The van der Waals surface area contributed by atoms with Crippen LogP contribution in [0.3, 0.4) is 0 Å². The summed E-state index contributed by atoms with van der Waals surface area (Å²) in [6.07, 6.45) is 3.03. The highest BCUT2D eigenvalue weighted by molar-refractivity contribution is 7.09. The Morgan fingerprint density at radius 3 is 2.88 bits per heavy atom. The maximum atomic E-state index is 13.2. The number of nitrogens with zero attached hydrogens (tertiary/aromatic N) is 2. The molecule has 0 spiro atoms. The van der Waals surface area contributed by atoms with Gasteiger partial charge in [-0.2, -0.15) is 0 Å². The van der Waals surface area contributed by atoms with Crippen molar-refractivity contribution < 1.29 is 14.0 Å². The SMILES string of the molecule is Cc1oc2c(c1C(=O)N1CCCN(Cc3cccs3)CC1)C(=O)CCC2. The Balaban J connectivity index is 1.49. The van der Waals surface area contributed by atoms with E-state index in [1.807, 2.05) is 4.90 Å². The van der Waals surface area contributed by atoms with Gasteiger partial charge >= 0.3 is 0 Å². The van der Waals surface area contributed by atoms with E-state index in [2.05, 4.69) is 22.4 Å². The Hall–Kier alpha value is -1.92. The van der Waals surface area contributed by atoms with Crippen LogP contribution in [0.4, 0.5) is 0 Å². The molecule has 5 nitrogen and oxygen atoms in total. The Kier molecular flexibility index (Phi) is 4.96. The lowest BCUT2D eigenvalue weighted by molar-refractivity contribution is 0.0754. The largest absolute Gasteiger partial charge is 0.465 e. The van der Waals surface area contributed by atoms with E-state index in [0.717, 1.165) is 45.4 Å². The summed E-state index contributed by atoms with van der Waals surface area (Å²) >= 11 is 1.77. The predicted molar refractivity (Wildman–Crippen MR) is 101 cm³/mol. The number of hydrogen-bond acceptors (Lipinski definition) is 5. The molecule has 0 atom stereocenters. The van der Waals surface area contributed by atoms with E-state index < -0.39 is 0 Å². The van der Waals surface area contributed by atoms with Crippen molar-refractivity contribution in [2.45, 2.75) is 39.2 Å². The number of thiophene rings is 1. The van der Waals surface area contributed by atoms with Crippen LogP contribution in [0.2, 0.25) is 0 Å². The number of rotatable bonds is 3. The summed E-state index contributed by atoms with van der Waals surface area (Å²) in [6.45, 7) is 6.02. The van der Waals surface area contributed by atoms with Gasteiger partial charge < -0.3 is 9.32 Å². The third kappa shape index (κ3) is 3.35. The highest BCUT2D eigenvalue weighted by Crippen LogP contribution is 2.30. The summed E-state index contributed by atoms with van der Waals surface area (Å²) in [5, 5.41) is 2.10. The van der Waals surface area contributed by atoms with Crippen LogP contribution in [-0.2, 0) is 13.0 Å². The molecule has 1 amide bonds. The van der Waals surface area contributed by atoms with Crippen molar-refractivity contribution in [2.24, 2.45) is 0 Å². The van der Waals surface area contributed by atoms with Gasteiger partial charge in [-0.1, -0.05) is 6.07 Å². The molecule has 2 aromatic heterocycles. The lowest BCUT2D eigenvalue weighted by Crippen LogP contribution is -2.36. The van der Waals surface area contributed by atoms with Crippen LogP contribution in [0, 0.1) is 6.92 Å². The molecule has 1 aliphatic heterocycles. The third-order valence-electron chi connectivity index (χ3n) is 5.29. The first-order chi connectivity index (χ1) is 12.6. The van der Waals surface area contributed by atoms with Gasteiger partial charge in [0.1, 0.15) is 11.5 Å². The molecular weight excluding hydrogens is 348 g/mol. The number of hydrogen-bond donors (Lipinski definition) is 0. The average Bonchev–Trinajstić information content (AvgIpc) is 3.17. The highest BCUT2D eigenvalue weighted by atomic mass is 32.1. The number of fused-ring (bicyclic) bond motifs is 1. The molecule has 4 rings (SSSR count). The maximum absolute atomic E-state index is 13.2. The van der Waals surface area contributed by atoms with Crippen molar-refractivity contribution in [3.8, 4) is 0 Å². The van der Waals surface area contributed by atoms with Gasteiger partial charge in [0.2, 0.25) is 0 Å². The molecule has 1 fully saturated rings. The monoisotopic (exact) mass is 372 g/mol. The molecule has 3 heterocycles. The third-order valence-corrected chi connectivity index (χ3v) is 6.15. The van der Waals surface area contributed by atoms with Crippen molar-refractivity contribution in [1.29, 1.82) is 0 Å². The molecule has 0 N–H and O–H groups in total. The van der Waals surface area contributed by atoms with Crippen LogP contribution in [0.5, 0.6) is 0 Å². The fourth-order valence-corrected chi connectivity index (χ4v) is 4.72. The maximum Gasteiger partial charge on any atom is 0.258 e. The quantitative estimate of drug-likeness (QED) is 0.827. The minimum Gasteiger partial charge on any atom is -0.465 e. The summed E-state index contributed by atoms with van der Waals surface area (Å²) < 4.78 is 5.76. The van der Waals surface area contributed by atoms with Crippen LogP contribution in [0.15, 0.2) is 21.9 Å². The van der Waals surface area contributed by atoms with E-state index in [0.29, 0.717) is 35.6 Å². The van der Waals surface area contributed by atoms with Crippen LogP contribution in [0.25, 0.3) is 0 Å². The molecule has 0 unspecified atom stereocenters. The minimum absolute atomic E-state index is 0.0410. The summed E-state index contributed by atoms with van der Waals surface area (Å²) in [5.41, 5.74) is 1.06. The van der Waals surface area contributed by atoms with Crippen LogP contribution in [-0.4, -0.2) is 47.7 Å². The van der Waals surface area contributed by atoms with E-state index in [-0.39, 0.29) is 11.7 Å². The molecule has 6 heteroatoms. The predicted octanol–water partition coefficient (Wildman–Crippen LogP) is 3.52. The second-order valence-electron chi connectivity index (χ2n) is 7.11. The van der Waals surface area contributed by atoms with Gasteiger partial charge in [-0.25, -0.2) is 0 Å². The summed E-state index contributed by atoms with van der Waals surface area (Å²) in [4.78, 5) is 31.2. The smallest absolute Gasteiger partial charge is 0.258 e. The fraction of sp³-hybridized carbons (Fsp3) is 0.500. The van der Waals surface area contributed by atoms with Gasteiger partial charge in [0, 0.05) is 50.4 Å². The lowest BCUT2D eigenvalue weighted by Gasteiger charge is -2.22. The molecule has 26 heavy (non-hydrogen) atoms. The fourth-order valence-electron chi connectivity index (χ4n) is 3.98. The van der Waals surface area contributed by atoms with E-state index in [1.165, 1.54) is 4.88 Å². The number of Topliss-reactive ketones (excluding diaryl/α,β-unsaturated/α-hetero) is 1. The van der Waals surface area contributed by atoms with Crippen molar-refractivity contribution in [3.05, 3.63) is 45.0 Å². The Morgan fingerprint density at radius 2 is 2.08 bits per heavy atom. The summed E-state index contributed by atoms with van der Waals surface area (Å²) in [6, 6.07) is 4.24. The van der Waals surface area contributed by atoms with Crippen LogP contribution in [0.1, 0.15) is 56.4 Å².